The Bertz CT molecular complexity index is 1380. The van der Waals surface area contributed by atoms with Gasteiger partial charge in [-0.2, -0.15) is 0 Å². The second kappa shape index (κ2) is 12.2. The molecule has 5 rings (SSSR count). The lowest BCUT2D eigenvalue weighted by Crippen LogP contribution is -2.41. The summed E-state index contributed by atoms with van der Waals surface area (Å²) in [6.45, 7) is 3.85. The molecular formula is C30H40N4O4S. The number of benzene rings is 2. The largest absolute Gasteiger partial charge is 0.396 e. The molecule has 9 heteroatoms. The number of hydrogen-bond acceptors (Lipinski definition) is 5. The molecule has 2 aliphatic heterocycles. The predicted octanol–water partition coefficient (Wildman–Crippen LogP) is 3.47. The van der Waals surface area contributed by atoms with E-state index in [-0.39, 0.29) is 30.6 Å². The summed E-state index contributed by atoms with van der Waals surface area (Å²) in [5.74, 6) is 0.350. The van der Waals surface area contributed by atoms with E-state index in [9.17, 15) is 18.3 Å². The van der Waals surface area contributed by atoms with Gasteiger partial charge in [0.1, 0.15) is 0 Å². The molecule has 210 valence electrons. The molecule has 0 radical (unpaired) electrons. The van der Waals surface area contributed by atoms with Crippen LogP contribution in [0.15, 0.2) is 48.7 Å². The number of nitrogens with two attached hydrogens (primary N) is 1. The smallest absolute Gasteiger partial charge is 0.221 e. The quantitative estimate of drug-likeness (QED) is 0.356. The molecule has 2 fully saturated rings. The SMILES string of the molecule is NC(=O)Cc1cc(-c2ccccc2)cc2c(C3CCN(S(=O)(=O)CCCN4CCCC(CO)C4)CC3)c[nH]c12. The molecule has 39 heavy (non-hydrogen) atoms. The third-order valence-corrected chi connectivity index (χ3v) is 10.4. The number of H-pyrrole nitrogens is 1. The number of aromatic nitrogens is 1. The van der Waals surface area contributed by atoms with Crippen LogP contribution >= 0.6 is 0 Å². The second-order valence-corrected chi connectivity index (χ2v) is 13.2. The van der Waals surface area contributed by atoms with Gasteiger partial charge in [0, 0.05) is 43.3 Å². The van der Waals surface area contributed by atoms with Crippen molar-refractivity contribution in [2.24, 2.45) is 11.7 Å². The van der Waals surface area contributed by atoms with Crippen molar-refractivity contribution in [2.45, 2.75) is 44.4 Å². The second-order valence-electron chi connectivity index (χ2n) is 11.1. The van der Waals surface area contributed by atoms with Crippen LogP contribution in [-0.2, 0) is 21.2 Å². The van der Waals surface area contributed by atoms with Crippen LogP contribution in [0.4, 0.5) is 0 Å². The van der Waals surface area contributed by atoms with Gasteiger partial charge in [-0.3, -0.25) is 4.79 Å². The minimum absolute atomic E-state index is 0.159. The van der Waals surface area contributed by atoms with E-state index in [1.54, 1.807) is 4.31 Å². The Labute approximate surface area is 231 Å². The molecule has 8 nitrogen and oxygen atoms in total. The lowest BCUT2D eigenvalue weighted by atomic mass is 9.88. The molecule has 2 aromatic carbocycles. The van der Waals surface area contributed by atoms with Gasteiger partial charge in [0.15, 0.2) is 0 Å². The number of sulfonamides is 1. The maximum absolute atomic E-state index is 13.1. The Morgan fingerprint density at radius 3 is 2.54 bits per heavy atom. The van der Waals surface area contributed by atoms with E-state index in [2.05, 4.69) is 28.1 Å². The Morgan fingerprint density at radius 2 is 1.82 bits per heavy atom. The number of fused-ring (bicyclic) bond motifs is 1. The Kier molecular flexibility index (Phi) is 8.71. The molecule has 0 aliphatic carbocycles. The molecule has 3 aromatic rings. The first kappa shape index (κ1) is 27.8. The van der Waals surface area contributed by atoms with Gasteiger partial charge >= 0.3 is 0 Å². The first-order valence-corrected chi connectivity index (χ1v) is 15.7. The number of carbonyl (C=O) groups is 1. The molecular weight excluding hydrogens is 512 g/mol. The zero-order valence-corrected chi connectivity index (χ0v) is 23.3. The van der Waals surface area contributed by atoms with E-state index in [0.717, 1.165) is 72.9 Å². The number of nitrogens with zero attached hydrogens (tertiary/aromatic N) is 2. The number of aliphatic hydroxyl groups excluding tert-OH is 1. The highest BCUT2D eigenvalue weighted by Gasteiger charge is 2.30. The van der Waals surface area contributed by atoms with Crippen molar-refractivity contribution in [2.75, 3.05) is 45.1 Å². The first-order chi connectivity index (χ1) is 18.8. The molecule has 1 amide bonds. The minimum Gasteiger partial charge on any atom is -0.396 e. The number of piperidine rings is 2. The van der Waals surface area contributed by atoms with Gasteiger partial charge in [0.2, 0.25) is 15.9 Å². The summed E-state index contributed by atoms with van der Waals surface area (Å²) in [5.41, 5.74) is 10.7. The standard InChI is InChI=1S/C30H40N4O4S/c31-29(36)18-26-16-25(23-7-2-1-3-8-23)17-27-28(19-32-30(26)27)24-9-13-34(14-10-24)39(37,38)15-5-12-33-11-4-6-22(20-33)21-35/h1-3,7-8,16-17,19,22,24,32,35H,4-6,9-15,18,20-21H2,(H2,31,36). The van der Waals surface area contributed by atoms with E-state index in [0.29, 0.717) is 25.4 Å². The van der Waals surface area contributed by atoms with Crippen LogP contribution in [0, 0.1) is 5.92 Å². The van der Waals surface area contributed by atoms with Crippen LogP contribution in [0.25, 0.3) is 22.0 Å². The van der Waals surface area contributed by atoms with E-state index in [1.165, 1.54) is 5.56 Å². The van der Waals surface area contributed by atoms with Gasteiger partial charge in [-0.25, -0.2) is 12.7 Å². The van der Waals surface area contributed by atoms with Gasteiger partial charge in [-0.05, 0) is 91.4 Å². The monoisotopic (exact) mass is 552 g/mol. The highest BCUT2D eigenvalue weighted by molar-refractivity contribution is 7.89. The first-order valence-electron chi connectivity index (χ1n) is 14.1. The molecule has 1 atom stereocenters. The fourth-order valence-electron chi connectivity index (χ4n) is 6.34. The summed E-state index contributed by atoms with van der Waals surface area (Å²) < 4.78 is 27.9. The van der Waals surface area contributed by atoms with Crippen LogP contribution in [0.3, 0.4) is 0 Å². The number of carbonyl (C=O) groups excluding carboxylic acids is 1. The number of amides is 1. The van der Waals surface area contributed by atoms with Gasteiger partial charge in [0.25, 0.3) is 0 Å². The van der Waals surface area contributed by atoms with Crippen molar-refractivity contribution in [3.05, 3.63) is 59.8 Å². The highest BCUT2D eigenvalue weighted by Crippen LogP contribution is 2.37. The lowest BCUT2D eigenvalue weighted by Gasteiger charge is -2.33. The molecule has 1 aromatic heterocycles. The molecule has 0 saturated carbocycles. The summed E-state index contributed by atoms with van der Waals surface area (Å²) in [7, 11) is -3.30. The number of rotatable bonds is 10. The third kappa shape index (κ3) is 6.54. The molecule has 2 aliphatic rings. The summed E-state index contributed by atoms with van der Waals surface area (Å²) >= 11 is 0. The fraction of sp³-hybridized carbons (Fsp3) is 0.500. The van der Waals surface area contributed by atoms with Crippen LogP contribution in [0.2, 0.25) is 0 Å². The summed E-state index contributed by atoms with van der Waals surface area (Å²) in [6.07, 6.45) is 6.44. The normalized spacial score (nSPS) is 20.0. The summed E-state index contributed by atoms with van der Waals surface area (Å²) in [6, 6.07) is 14.3. The minimum atomic E-state index is -3.30. The average molecular weight is 553 g/mol. The van der Waals surface area contributed by atoms with Gasteiger partial charge in [-0.15, -0.1) is 0 Å². The summed E-state index contributed by atoms with van der Waals surface area (Å²) in [4.78, 5) is 17.5. The molecule has 2 saturated heterocycles. The van der Waals surface area contributed by atoms with E-state index < -0.39 is 10.0 Å². The topological polar surface area (TPSA) is 120 Å². The number of aliphatic hydroxyl groups is 1. The fourth-order valence-corrected chi connectivity index (χ4v) is 7.86. The van der Waals surface area contributed by atoms with Crippen molar-refractivity contribution >= 4 is 26.8 Å². The van der Waals surface area contributed by atoms with Gasteiger partial charge in [0.05, 0.1) is 12.2 Å². The Morgan fingerprint density at radius 1 is 1.05 bits per heavy atom. The highest BCUT2D eigenvalue weighted by atomic mass is 32.2. The molecule has 4 N–H and O–H groups in total. The Hall–Kier alpha value is -2.72. The van der Waals surface area contributed by atoms with Crippen LogP contribution in [0.1, 0.15) is 49.1 Å². The van der Waals surface area contributed by atoms with E-state index in [4.69, 9.17) is 5.73 Å². The maximum atomic E-state index is 13.1. The molecule has 0 bridgehead atoms. The number of hydrogen-bond donors (Lipinski definition) is 3. The van der Waals surface area contributed by atoms with Crippen molar-refractivity contribution in [3.63, 3.8) is 0 Å². The number of primary amides is 1. The molecule has 1 unspecified atom stereocenters. The number of aromatic amines is 1. The number of nitrogens with one attached hydrogen (secondary N) is 1. The Balaban J connectivity index is 1.26. The lowest BCUT2D eigenvalue weighted by molar-refractivity contribution is -0.117. The van der Waals surface area contributed by atoms with Crippen LogP contribution in [-0.4, -0.2) is 78.7 Å². The predicted molar refractivity (Wildman–Crippen MR) is 155 cm³/mol. The van der Waals surface area contributed by atoms with Gasteiger partial charge < -0.3 is 20.7 Å². The van der Waals surface area contributed by atoms with E-state index >= 15 is 0 Å². The van der Waals surface area contributed by atoms with Crippen LogP contribution in [0.5, 0.6) is 0 Å². The van der Waals surface area contributed by atoms with E-state index in [1.807, 2.05) is 30.5 Å². The zero-order chi connectivity index (χ0) is 27.4. The summed E-state index contributed by atoms with van der Waals surface area (Å²) in [5, 5.41) is 10.5. The average Bonchev–Trinajstić information content (AvgIpc) is 3.38. The van der Waals surface area contributed by atoms with Crippen LogP contribution < -0.4 is 5.73 Å². The maximum Gasteiger partial charge on any atom is 0.221 e. The molecule has 0 spiro atoms. The number of likely N-dealkylation sites (tertiary alicyclic amines) is 1. The van der Waals surface area contributed by atoms with Crippen molar-refractivity contribution in [1.82, 2.24) is 14.2 Å². The van der Waals surface area contributed by atoms with Crippen molar-refractivity contribution in [1.29, 1.82) is 0 Å². The van der Waals surface area contributed by atoms with Crippen molar-refractivity contribution < 1.29 is 18.3 Å². The van der Waals surface area contributed by atoms with Crippen molar-refractivity contribution in [3.8, 4) is 11.1 Å². The zero-order valence-electron chi connectivity index (χ0n) is 22.5. The molecule has 3 heterocycles. The van der Waals surface area contributed by atoms with Gasteiger partial charge in [-0.1, -0.05) is 30.3 Å². The third-order valence-electron chi connectivity index (χ3n) is 8.40.